The summed E-state index contributed by atoms with van der Waals surface area (Å²) in [6.45, 7) is -0.300. The Morgan fingerprint density at radius 3 is 2.91 bits per heavy atom. The number of ether oxygens (including phenoxy) is 3. The van der Waals surface area contributed by atoms with E-state index >= 15 is 0 Å². The number of hydrogen-bond acceptors (Lipinski definition) is 7. The molecule has 1 N–H and O–H groups in total. The third-order valence-electron chi connectivity index (χ3n) is 3.35. The van der Waals surface area contributed by atoms with E-state index < -0.39 is 23.3 Å². The molecular weight excluding hydrogens is 294 g/mol. The van der Waals surface area contributed by atoms with Crippen molar-refractivity contribution in [3.8, 4) is 5.75 Å². The van der Waals surface area contributed by atoms with Gasteiger partial charge in [0.1, 0.15) is 0 Å². The number of nitro benzene ring substituents is 1. The molecule has 0 bridgehead atoms. The third kappa shape index (κ3) is 3.71. The zero-order valence-electron chi connectivity index (χ0n) is 12.1. The Bertz CT molecular complexity index is 560. The van der Waals surface area contributed by atoms with Gasteiger partial charge in [0.25, 0.3) is 0 Å². The van der Waals surface area contributed by atoms with Gasteiger partial charge in [-0.2, -0.15) is 0 Å². The fraction of sp³-hybridized carbons (Fsp3) is 0.500. The summed E-state index contributed by atoms with van der Waals surface area (Å²) in [6, 6.07) is 4.19. The van der Waals surface area contributed by atoms with Crippen LogP contribution < -0.4 is 4.74 Å². The second-order valence-corrected chi connectivity index (χ2v) is 4.84. The largest absolute Gasteiger partial charge is 0.467 e. The molecule has 0 radical (unpaired) electrons. The van der Waals surface area contributed by atoms with E-state index in [4.69, 9.17) is 14.6 Å². The number of benzene rings is 1. The average Bonchev–Trinajstić information content (AvgIpc) is 2.54. The van der Waals surface area contributed by atoms with E-state index in [0.717, 1.165) is 0 Å². The smallest absolute Gasteiger partial charge is 0.335 e. The highest BCUT2D eigenvalue weighted by molar-refractivity contribution is 5.74. The first-order valence-electron chi connectivity index (χ1n) is 6.83. The molecule has 1 fully saturated rings. The van der Waals surface area contributed by atoms with E-state index in [-0.39, 0.29) is 18.0 Å². The first-order chi connectivity index (χ1) is 10.5. The SMILES string of the molecule is COC(=O)C1CCCC(Oc2ccc(CO)cc2[N+](=O)[O-])O1. The van der Waals surface area contributed by atoms with E-state index in [9.17, 15) is 14.9 Å². The molecule has 1 aromatic rings. The van der Waals surface area contributed by atoms with Crippen LogP contribution in [0, 0.1) is 10.1 Å². The molecule has 1 aliphatic heterocycles. The molecule has 8 heteroatoms. The van der Waals surface area contributed by atoms with Gasteiger partial charge in [0, 0.05) is 12.5 Å². The summed E-state index contributed by atoms with van der Waals surface area (Å²) in [5, 5.41) is 20.1. The molecular formula is C14H17NO7. The van der Waals surface area contributed by atoms with E-state index in [0.29, 0.717) is 24.8 Å². The van der Waals surface area contributed by atoms with Crippen LogP contribution in [0.15, 0.2) is 18.2 Å². The Labute approximate surface area is 126 Å². The first-order valence-corrected chi connectivity index (χ1v) is 6.83. The van der Waals surface area contributed by atoms with Crippen LogP contribution in [-0.4, -0.2) is 35.5 Å². The number of nitro groups is 1. The highest BCUT2D eigenvalue weighted by Crippen LogP contribution is 2.31. The van der Waals surface area contributed by atoms with Gasteiger partial charge < -0.3 is 19.3 Å². The van der Waals surface area contributed by atoms with E-state index in [1.807, 2.05) is 0 Å². The Hall–Kier alpha value is -2.19. The Morgan fingerprint density at radius 1 is 1.50 bits per heavy atom. The van der Waals surface area contributed by atoms with Crippen molar-refractivity contribution in [2.75, 3.05) is 7.11 Å². The van der Waals surface area contributed by atoms with Gasteiger partial charge in [-0.1, -0.05) is 6.07 Å². The molecule has 0 amide bonds. The van der Waals surface area contributed by atoms with Crippen LogP contribution in [0.4, 0.5) is 5.69 Å². The molecule has 1 aliphatic rings. The molecule has 0 aliphatic carbocycles. The normalized spacial score (nSPS) is 21.2. The standard InChI is InChI=1S/C14H17NO7/c1-20-14(17)12-3-2-4-13(22-12)21-11-6-5-9(8-16)7-10(11)15(18)19/h5-7,12-13,16H,2-4,8H2,1H3. The number of aliphatic hydroxyl groups excluding tert-OH is 1. The summed E-state index contributed by atoms with van der Waals surface area (Å²) < 4.78 is 15.6. The lowest BCUT2D eigenvalue weighted by Crippen LogP contribution is -2.37. The number of aliphatic hydroxyl groups is 1. The molecule has 2 rings (SSSR count). The number of nitrogens with zero attached hydrogens (tertiary/aromatic N) is 1. The first kappa shape index (κ1) is 16.2. The minimum atomic E-state index is -0.753. The number of methoxy groups -OCH3 is 1. The molecule has 0 aromatic heterocycles. The maximum atomic E-state index is 11.5. The van der Waals surface area contributed by atoms with Gasteiger partial charge in [0.2, 0.25) is 6.29 Å². The highest BCUT2D eigenvalue weighted by Gasteiger charge is 2.31. The zero-order chi connectivity index (χ0) is 16.1. The van der Waals surface area contributed by atoms with Gasteiger partial charge in [-0.05, 0) is 24.5 Å². The number of esters is 1. The average molecular weight is 311 g/mol. The molecule has 2 atom stereocenters. The highest BCUT2D eigenvalue weighted by atomic mass is 16.7. The predicted octanol–water partition coefficient (Wildman–Crippen LogP) is 1.53. The number of hydrogen-bond donors (Lipinski definition) is 1. The molecule has 1 heterocycles. The van der Waals surface area contributed by atoms with Crippen molar-refractivity contribution in [3.05, 3.63) is 33.9 Å². The summed E-state index contributed by atoms with van der Waals surface area (Å²) in [4.78, 5) is 22.0. The van der Waals surface area contributed by atoms with E-state index in [1.54, 1.807) is 0 Å². The van der Waals surface area contributed by atoms with Crippen LogP contribution in [0.2, 0.25) is 0 Å². The molecule has 1 aromatic carbocycles. The van der Waals surface area contributed by atoms with Crippen molar-refractivity contribution < 1.29 is 29.0 Å². The van der Waals surface area contributed by atoms with Crippen LogP contribution in [0.5, 0.6) is 5.75 Å². The predicted molar refractivity (Wildman–Crippen MR) is 74.2 cm³/mol. The van der Waals surface area contributed by atoms with Gasteiger partial charge >= 0.3 is 11.7 Å². The summed E-state index contributed by atoms with van der Waals surface area (Å²) in [5.74, 6) is -0.448. The van der Waals surface area contributed by atoms with Crippen LogP contribution in [-0.2, 0) is 20.9 Å². The maximum Gasteiger partial charge on any atom is 0.335 e. The molecule has 22 heavy (non-hydrogen) atoms. The maximum absolute atomic E-state index is 11.5. The summed E-state index contributed by atoms with van der Waals surface area (Å²) in [5.41, 5.74) is 0.159. The van der Waals surface area contributed by atoms with Crippen LogP contribution in [0.25, 0.3) is 0 Å². The third-order valence-corrected chi connectivity index (χ3v) is 3.35. The van der Waals surface area contributed by atoms with Gasteiger partial charge in [0.05, 0.1) is 18.6 Å². The number of carbonyl (C=O) groups is 1. The minimum Gasteiger partial charge on any atom is -0.467 e. The van der Waals surface area contributed by atoms with Crippen molar-refractivity contribution in [2.24, 2.45) is 0 Å². The molecule has 120 valence electrons. The van der Waals surface area contributed by atoms with Crippen molar-refractivity contribution in [1.29, 1.82) is 0 Å². The zero-order valence-corrected chi connectivity index (χ0v) is 12.1. The molecule has 2 unspecified atom stereocenters. The van der Waals surface area contributed by atoms with Gasteiger partial charge in [-0.25, -0.2) is 4.79 Å². The Morgan fingerprint density at radius 2 is 2.27 bits per heavy atom. The van der Waals surface area contributed by atoms with Crippen LogP contribution >= 0.6 is 0 Å². The molecule has 0 saturated carbocycles. The topological polar surface area (TPSA) is 108 Å². The Balaban J connectivity index is 2.13. The monoisotopic (exact) mass is 311 g/mol. The summed E-state index contributed by atoms with van der Waals surface area (Å²) >= 11 is 0. The lowest BCUT2D eigenvalue weighted by atomic mass is 10.1. The van der Waals surface area contributed by atoms with Crippen molar-refractivity contribution in [2.45, 2.75) is 38.3 Å². The molecule has 8 nitrogen and oxygen atoms in total. The fourth-order valence-corrected chi connectivity index (χ4v) is 2.23. The van der Waals surface area contributed by atoms with Gasteiger partial charge in [-0.15, -0.1) is 0 Å². The molecule has 1 saturated heterocycles. The van der Waals surface area contributed by atoms with Gasteiger partial charge in [0.15, 0.2) is 11.9 Å². The minimum absolute atomic E-state index is 0.0396. The van der Waals surface area contributed by atoms with Crippen LogP contribution in [0.3, 0.4) is 0 Å². The van der Waals surface area contributed by atoms with E-state index in [1.165, 1.54) is 25.3 Å². The quantitative estimate of drug-likeness (QED) is 0.499. The van der Waals surface area contributed by atoms with Crippen molar-refractivity contribution in [1.82, 2.24) is 0 Å². The van der Waals surface area contributed by atoms with E-state index in [2.05, 4.69) is 4.74 Å². The summed E-state index contributed by atoms with van der Waals surface area (Å²) in [6.07, 6.45) is 0.258. The molecule has 0 spiro atoms. The number of carbonyl (C=O) groups excluding carboxylic acids is 1. The number of rotatable bonds is 5. The Kier molecular flexibility index (Phi) is 5.29. The fourth-order valence-electron chi connectivity index (χ4n) is 2.23. The van der Waals surface area contributed by atoms with Crippen molar-refractivity contribution in [3.63, 3.8) is 0 Å². The summed E-state index contributed by atoms with van der Waals surface area (Å²) in [7, 11) is 1.27. The lowest BCUT2D eigenvalue weighted by Gasteiger charge is -2.28. The lowest BCUT2D eigenvalue weighted by molar-refractivity contribution is -0.386. The van der Waals surface area contributed by atoms with Gasteiger partial charge in [-0.3, -0.25) is 10.1 Å². The second kappa shape index (κ2) is 7.19. The second-order valence-electron chi connectivity index (χ2n) is 4.84. The van der Waals surface area contributed by atoms with Crippen LogP contribution in [0.1, 0.15) is 24.8 Å². The van der Waals surface area contributed by atoms with Crippen molar-refractivity contribution >= 4 is 11.7 Å².